The van der Waals surface area contributed by atoms with E-state index < -0.39 is 0 Å². The highest BCUT2D eigenvalue weighted by Crippen LogP contribution is 2.33. The van der Waals surface area contributed by atoms with Crippen LogP contribution in [0.1, 0.15) is 0 Å². The van der Waals surface area contributed by atoms with Crippen molar-refractivity contribution in [3.05, 3.63) is 20.2 Å². The Bertz CT molecular complexity index is 277. The number of hydrogen-bond donors (Lipinski definition) is 1. The number of hydrogen-bond acceptors (Lipinski definition) is 2. The van der Waals surface area contributed by atoms with E-state index in [2.05, 4.69) is 51.1 Å². The Kier molecular flexibility index (Phi) is 3.52. The Morgan fingerprint density at radius 1 is 1.55 bits per heavy atom. The maximum atomic E-state index is 5.08. The van der Waals surface area contributed by atoms with Crippen molar-refractivity contribution in [2.24, 2.45) is 0 Å². The molecule has 4 heteroatoms. The second-order valence-electron chi connectivity index (χ2n) is 1.91. The molecule has 0 bridgehead atoms. The van der Waals surface area contributed by atoms with Crippen molar-refractivity contribution in [3.63, 3.8) is 0 Å². The Morgan fingerprint density at radius 3 is 2.73 bits per heavy atom. The average molecular weight is 345 g/mol. The number of benzene rings is 1. The molecule has 0 aliphatic heterocycles. The fourth-order valence-electron chi connectivity index (χ4n) is 0.680. The minimum Gasteiger partial charge on any atom is -0.496 e. The molecule has 0 aliphatic rings. The largest absolute Gasteiger partial charge is 0.496 e. The summed E-state index contributed by atoms with van der Waals surface area (Å²) in [5.41, 5.74) is 0. The summed E-state index contributed by atoms with van der Waals surface area (Å²) in [7, 11) is 1.64. The van der Waals surface area contributed by atoms with Crippen LogP contribution in [0.15, 0.2) is 21.5 Å². The molecule has 60 valence electrons. The number of rotatable bonds is 1. The molecule has 1 aromatic carbocycles. The van der Waals surface area contributed by atoms with E-state index in [0.717, 1.165) is 18.7 Å². The van der Waals surface area contributed by atoms with Gasteiger partial charge in [0.15, 0.2) is 0 Å². The zero-order valence-electron chi connectivity index (χ0n) is 5.77. The normalized spacial score (nSPS) is 9.82. The number of thiol groups is 1. The van der Waals surface area contributed by atoms with Crippen molar-refractivity contribution in [1.82, 2.24) is 0 Å². The third kappa shape index (κ3) is 2.03. The van der Waals surface area contributed by atoms with Crippen LogP contribution < -0.4 is 4.74 Å². The minimum atomic E-state index is 0.815. The van der Waals surface area contributed by atoms with Gasteiger partial charge in [0.2, 0.25) is 0 Å². The van der Waals surface area contributed by atoms with Gasteiger partial charge in [0, 0.05) is 8.47 Å². The van der Waals surface area contributed by atoms with Crippen molar-refractivity contribution in [2.75, 3.05) is 7.11 Å². The molecule has 0 atom stereocenters. The highest BCUT2D eigenvalue weighted by Gasteiger charge is 2.05. The minimum absolute atomic E-state index is 0.815. The number of methoxy groups -OCH3 is 1. The Hall–Kier alpha value is 0.580. The van der Waals surface area contributed by atoms with Crippen molar-refractivity contribution in [2.45, 2.75) is 4.90 Å². The molecular weight excluding hydrogens is 339 g/mol. The molecule has 0 N–H and O–H groups in total. The van der Waals surface area contributed by atoms with Gasteiger partial charge in [0.1, 0.15) is 5.75 Å². The SMILES string of the molecule is COc1ccc(I)c(S)c1Br. The summed E-state index contributed by atoms with van der Waals surface area (Å²) >= 11 is 9.91. The molecule has 1 rings (SSSR count). The smallest absolute Gasteiger partial charge is 0.134 e. The summed E-state index contributed by atoms with van der Waals surface area (Å²) in [5, 5.41) is 0. The summed E-state index contributed by atoms with van der Waals surface area (Å²) in [5.74, 6) is 0.815. The third-order valence-corrected chi connectivity index (χ3v) is 4.14. The van der Waals surface area contributed by atoms with Crippen LogP contribution in [0.3, 0.4) is 0 Å². The van der Waals surface area contributed by atoms with E-state index in [4.69, 9.17) is 4.74 Å². The first kappa shape index (κ1) is 9.67. The Labute approximate surface area is 93.2 Å². The lowest BCUT2D eigenvalue weighted by Gasteiger charge is -2.05. The van der Waals surface area contributed by atoms with Gasteiger partial charge in [-0.25, -0.2) is 0 Å². The molecule has 0 amide bonds. The molecular formula is C7H6BrIOS. The van der Waals surface area contributed by atoms with Gasteiger partial charge in [-0.05, 0) is 50.7 Å². The molecule has 0 radical (unpaired) electrons. The molecule has 0 heterocycles. The molecule has 0 saturated heterocycles. The van der Waals surface area contributed by atoms with Gasteiger partial charge in [-0.2, -0.15) is 0 Å². The van der Waals surface area contributed by atoms with Gasteiger partial charge in [-0.1, -0.05) is 0 Å². The first-order valence-corrected chi connectivity index (χ1v) is 5.19. The van der Waals surface area contributed by atoms with Crippen molar-refractivity contribution < 1.29 is 4.74 Å². The fourth-order valence-corrected chi connectivity index (χ4v) is 2.19. The number of ether oxygens (including phenoxy) is 1. The van der Waals surface area contributed by atoms with Gasteiger partial charge < -0.3 is 4.74 Å². The molecule has 1 nitrogen and oxygen atoms in total. The lowest BCUT2D eigenvalue weighted by Crippen LogP contribution is -1.86. The molecule has 0 aromatic heterocycles. The van der Waals surface area contributed by atoms with E-state index in [1.807, 2.05) is 12.1 Å². The summed E-state index contributed by atoms with van der Waals surface area (Å²) < 4.78 is 7.10. The van der Waals surface area contributed by atoms with Crippen molar-refractivity contribution in [1.29, 1.82) is 0 Å². The maximum Gasteiger partial charge on any atom is 0.134 e. The van der Waals surface area contributed by atoms with E-state index in [1.165, 1.54) is 0 Å². The highest BCUT2D eigenvalue weighted by atomic mass is 127. The van der Waals surface area contributed by atoms with Gasteiger partial charge >= 0.3 is 0 Å². The molecule has 0 spiro atoms. The van der Waals surface area contributed by atoms with Gasteiger partial charge in [0.05, 0.1) is 11.6 Å². The van der Waals surface area contributed by atoms with E-state index in [0.29, 0.717) is 0 Å². The number of halogens is 2. The molecule has 0 aliphatic carbocycles. The first-order valence-electron chi connectivity index (χ1n) is 2.87. The third-order valence-electron chi connectivity index (χ3n) is 1.25. The van der Waals surface area contributed by atoms with Crippen molar-refractivity contribution in [3.8, 4) is 5.75 Å². The van der Waals surface area contributed by atoms with Crippen LogP contribution in [0.5, 0.6) is 5.75 Å². The lowest BCUT2D eigenvalue weighted by molar-refractivity contribution is 0.410. The van der Waals surface area contributed by atoms with E-state index in [1.54, 1.807) is 7.11 Å². The van der Waals surface area contributed by atoms with Crippen LogP contribution >= 0.6 is 51.1 Å². The fraction of sp³-hybridized carbons (Fsp3) is 0.143. The maximum absolute atomic E-state index is 5.08. The molecule has 0 fully saturated rings. The molecule has 1 aromatic rings. The lowest BCUT2D eigenvalue weighted by atomic mass is 10.3. The van der Waals surface area contributed by atoms with Gasteiger partial charge in [-0.3, -0.25) is 0 Å². The average Bonchev–Trinajstić information content (AvgIpc) is 2.01. The second-order valence-corrected chi connectivity index (χ2v) is 4.31. The van der Waals surface area contributed by atoms with Gasteiger partial charge in [0.25, 0.3) is 0 Å². The predicted octanol–water partition coefficient (Wildman–Crippen LogP) is 3.35. The summed E-state index contributed by atoms with van der Waals surface area (Å²) in [6, 6.07) is 3.87. The predicted molar refractivity (Wildman–Crippen MR) is 60.7 cm³/mol. The standard InChI is InChI=1S/C7H6BrIOS/c1-10-5-3-2-4(9)7(11)6(5)8/h2-3,11H,1H3. The Morgan fingerprint density at radius 2 is 2.18 bits per heavy atom. The summed E-state index contributed by atoms with van der Waals surface area (Å²) in [6.07, 6.45) is 0. The van der Waals surface area contributed by atoms with Crippen LogP contribution in [-0.4, -0.2) is 7.11 Å². The zero-order chi connectivity index (χ0) is 8.43. The molecule has 11 heavy (non-hydrogen) atoms. The van der Waals surface area contributed by atoms with Crippen LogP contribution in [0.25, 0.3) is 0 Å². The summed E-state index contributed by atoms with van der Waals surface area (Å²) in [6.45, 7) is 0. The summed E-state index contributed by atoms with van der Waals surface area (Å²) in [4.78, 5) is 0.921. The quantitative estimate of drug-likeness (QED) is 0.607. The zero-order valence-corrected chi connectivity index (χ0v) is 10.4. The highest BCUT2D eigenvalue weighted by molar-refractivity contribution is 14.1. The molecule has 0 saturated carbocycles. The van der Waals surface area contributed by atoms with Crippen LogP contribution in [0, 0.1) is 3.57 Å². The van der Waals surface area contributed by atoms with Crippen LogP contribution in [0.2, 0.25) is 0 Å². The van der Waals surface area contributed by atoms with Crippen molar-refractivity contribution >= 4 is 51.1 Å². The second kappa shape index (κ2) is 4.00. The topological polar surface area (TPSA) is 9.23 Å². The van der Waals surface area contributed by atoms with Crippen LogP contribution in [-0.2, 0) is 0 Å². The van der Waals surface area contributed by atoms with Gasteiger partial charge in [-0.15, -0.1) is 12.6 Å². The van der Waals surface area contributed by atoms with Crippen LogP contribution in [0.4, 0.5) is 0 Å². The Balaban J connectivity index is 3.25. The van der Waals surface area contributed by atoms with E-state index in [9.17, 15) is 0 Å². The monoisotopic (exact) mass is 344 g/mol. The first-order chi connectivity index (χ1) is 5.16. The van der Waals surface area contributed by atoms with E-state index >= 15 is 0 Å². The van der Waals surface area contributed by atoms with E-state index in [-0.39, 0.29) is 0 Å². The molecule has 0 unspecified atom stereocenters.